The molecule has 0 bridgehead atoms. The Hall–Kier alpha value is -3.25. The van der Waals surface area contributed by atoms with Gasteiger partial charge in [-0.1, -0.05) is 41.9 Å². The highest BCUT2D eigenvalue weighted by Gasteiger charge is 2.24. The van der Waals surface area contributed by atoms with Crippen molar-refractivity contribution in [1.29, 1.82) is 0 Å². The number of aryl methyl sites for hydroxylation is 2. The SMILES string of the molecule is Cc1ccn(C)c1-c1ccc(NC(=O)C(CNC(=O)OC(C)(C)C)c2ccccc2)cc1Cl. The maximum absolute atomic E-state index is 13.2. The number of carbonyl (C=O) groups excluding carboxylic acids is 2. The summed E-state index contributed by atoms with van der Waals surface area (Å²) in [6, 6.07) is 16.8. The van der Waals surface area contributed by atoms with Crippen LogP contribution in [0, 0.1) is 6.92 Å². The molecule has 174 valence electrons. The number of benzene rings is 2. The molecule has 3 rings (SSSR count). The molecular formula is C26H30ClN3O3. The Morgan fingerprint density at radius 1 is 1.09 bits per heavy atom. The lowest BCUT2D eigenvalue weighted by atomic mass is 9.98. The van der Waals surface area contributed by atoms with Gasteiger partial charge in [0.15, 0.2) is 0 Å². The van der Waals surface area contributed by atoms with E-state index < -0.39 is 17.6 Å². The minimum atomic E-state index is -0.621. The van der Waals surface area contributed by atoms with Crippen molar-refractivity contribution in [2.75, 3.05) is 11.9 Å². The van der Waals surface area contributed by atoms with Crippen LogP contribution < -0.4 is 10.6 Å². The molecule has 2 N–H and O–H groups in total. The van der Waals surface area contributed by atoms with Crippen LogP contribution in [0.15, 0.2) is 60.8 Å². The molecule has 2 aromatic carbocycles. The molecule has 0 aliphatic heterocycles. The third-order valence-electron chi connectivity index (χ3n) is 5.13. The first-order valence-corrected chi connectivity index (χ1v) is 11.2. The topological polar surface area (TPSA) is 72.4 Å². The lowest BCUT2D eigenvalue weighted by Crippen LogP contribution is -2.37. The third kappa shape index (κ3) is 6.39. The maximum atomic E-state index is 13.2. The molecular weight excluding hydrogens is 438 g/mol. The number of halogens is 1. The van der Waals surface area contributed by atoms with Crippen LogP contribution in [0.25, 0.3) is 11.3 Å². The van der Waals surface area contributed by atoms with Gasteiger partial charge in [-0.15, -0.1) is 0 Å². The molecule has 2 amide bonds. The molecule has 1 aromatic heterocycles. The molecule has 33 heavy (non-hydrogen) atoms. The van der Waals surface area contributed by atoms with Crippen molar-refractivity contribution in [3.63, 3.8) is 0 Å². The molecule has 1 unspecified atom stereocenters. The van der Waals surface area contributed by atoms with Crippen LogP contribution in [0.4, 0.5) is 10.5 Å². The zero-order valence-corrected chi connectivity index (χ0v) is 20.4. The average Bonchev–Trinajstić information content (AvgIpc) is 3.06. The third-order valence-corrected chi connectivity index (χ3v) is 5.45. The molecule has 0 saturated heterocycles. The van der Waals surface area contributed by atoms with E-state index in [-0.39, 0.29) is 12.5 Å². The summed E-state index contributed by atoms with van der Waals surface area (Å²) in [5.41, 5.74) is 3.79. The molecule has 1 heterocycles. The number of hydrogen-bond acceptors (Lipinski definition) is 3. The van der Waals surface area contributed by atoms with Crippen LogP contribution in [0.3, 0.4) is 0 Å². The predicted octanol–water partition coefficient (Wildman–Crippen LogP) is 5.90. The first kappa shape index (κ1) is 24.4. The first-order chi connectivity index (χ1) is 15.5. The van der Waals surface area contributed by atoms with Gasteiger partial charge >= 0.3 is 6.09 Å². The molecule has 0 fully saturated rings. The molecule has 0 radical (unpaired) electrons. The summed E-state index contributed by atoms with van der Waals surface area (Å²) in [6.07, 6.45) is 1.42. The van der Waals surface area contributed by atoms with Gasteiger partial charge in [0.05, 0.1) is 16.6 Å². The summed E-state index contributed by atoms with van der Waals surface area (Å²) in [5.74, 6) is -0.858. The van der Waals surface area contributed by atoms with E-state index in [9.17, 15) is 9.59 Å². The highest BCUT2D eigenvalue weighted by Crippen LogP contribution is 2.33. The van der Waals surface area contributed by atoms with Gasteiger partial charge in [0.2, 0.25) is 5.91 Å². The van der Waals surface area contributed by atoms with Crippen LogP contribution in [-0.4, -0.2) is 28.7 Å². The predicted molar refractivity (Wildman–Crippen MR) is 133 cm³/mol. The number of carbonyl (C=O) groups is 2. The molecule has 7 heteroatoms. The Morgan fingerprint density at radius 3 is 2.36 bits per heavy atom. The normalized spacial score (nSPS) is 12.2. The van der Waals surface area contributed by atoms with E-state index in [1.165, 1.54) is 0 Å². The molecule has 0 spiro atoms. The van der Waals surface area contributed by atoms with Crippen LogP contribution >= 0.6 is 11.6 Å². The first-order valence-electron chi connectivity index (χ1n) is 10.8. The lowest BCUT2D eigenvalue weighted by Gasteiger charge is -2.22. The van der Waals surface area contributed by atoms with Gasteiger partial charge in [-0.05, 0) is 63.1 Å². The standard InChI is InChI=1S/C26H30ClN3O3/c1-17-13-14-30(5)23(17)20-12-11-19(15-22(20)27)29-24(31)21(18-9-7-6-8-10-18)16-28-25(32)33-26(2,3)4/h6-15,21H,16H2,1-5H3,(H,28,32)(H,29,31). The van der Waals surface area contributed by atoms with E-state index in [0.717, 1.165) is 22.4 Å². The van der Waals surface area contributed by atoms with E-state index >= 15 is 0 Å². The van der Waals surface area contributed by atoms with E-state index in [4.69, 9.17) is 16.3 Å². The second kappa shape index (κ2) is 10.1. The number of nitrogens with zero attached hydrogens (tertiary/aromatic N) is 1. The van der Waals surface area contributed by atoms with Gasteiger partial charge in [0, 0.05) is 31.0 Å². The zero-order chi connectivity index (χ0) is 24.2. The van der Waals surface area contributed by atoms with Gasteiger partial charge in [-0.25, -0.2) is 4.79 Å². The van der Waals surface area contributed by atoms with Crippen LogP contribution in [0.5, 0.6) is 0 Å². The molecule has 0 aliphatic carbocycles. The van der Waals surface area contributed by atoms with Crippen LogP contribution in [0.1, 0.15) is 37.8 Å². The zero-order valence-electron chi connectivity index (χ0n) is 19.6. The highest BCUT2D eigenvalue weighted by molar-refractivity contribution is 6.33. The summed E-state index contributed by atoms with van der Waals surface area (Å²) in [5, 5.41) is 6.18. The van der Waals surface area contributed by atoms with Crippen LogP contribution in [-0.2, 0) is 16.6 Å². The second-order valence-electron chi connectivity index (χ2n) is 8.99. The molecule has 0 saturated carbocycles. The van der Waals surface area contributed by atoms with Gasteiger partial charge in [-0.2, -0.15) is 0 Å². The van der Waals surface area contributed by atoms with Crippen molar-refractivity contribution in [1.82, 2.24) is 9.88 Å². The number of anilines is 1. The van der Waals surface area contributed by atoms with Gasteiger partial charge < -0.3 is 19.9 Å². The van der Waals surface area contributed by atoms with Crippen molar-refractivity contribution in [3.8, 4) is 11.3 Å². The Kier molecular flexibility index (Phi) is 7.49. The smallest absolute Gasteiger partial charge is 0.407 e. The van der Waals surface area contributed by atoms with E-state index in [1.807, 2.05) is 73.3 Å². The highest BCUT2D eigenvalue weighted by atomic mass is 35.5. The lowest BCUT2D eigenvalue weighted by molar-refractivity contribution is -0.117. The summed E-state index contributed by atoms with van der Waals surface area (Å²) >= 11 is 6.57. The second-order valence-corrected chi connectivity index (χ2v) is 9.40. The van der Waals surface area contributed by atoms with E-state index in [1.54, 1.807) is 26.8 Å². The van der Waals surface area contributed by atoms with Gasteiger partial charge in [-0.3, -0.25) is 4.79 Å². The Labute approximate surface area is 199 Å². The number of alkyl carbamates (subject to hydrolysis) is 1. The minimum Gasteiger partial charge on any atom is -0.444 e. The van der Waals surface area contributed by atoms with E-state index in [0.29, 0.717) is 10.7 Å². The number of hydrogen-bond donors (Lipinski definition) is 2. The van der Waals surface area contributed by atoms with Crippen LogP contribution in [0.2, 0.25) is 5.02 Å². The molecule has 0 aliphatic rings. The van der Waals surface area contributed by atoms with Crippen molar-refractivity contribution >= 4 is 29.3 Å². The molecule has 6 nitrogen and oxygen atoms in total. The Morgan fingerprint density at radius 2 is 1.79 bits per heavy atom. The largest absolute Gasteiger partial charge is 0.444 e. The monoisotopic (exact) mass is 467 g/mol. The Bertz CT molecular complexity index is 1110. The fourth-order valence-electron chi connectivity index (χ4n) is 3.62. The fraction of sp³-hybridized carbons (Fsp3) is 0.308. The number of rotatable bonds is 6. The van der Waals surface area contributed by atoms with Crippen molar-refractivity contribution in [2.45, 2.75) is 39.2 Å². The summed E-state index contributed by atoms with van der Waals surface area (Å²) in [4.78, 5) is 25.3. The van der Waals surface area contributed by atoms with Crippen molar-refractivity contribution in [2.24, 2.45) is 7.05 Å². The summed E-state index contributed by atoms with van der Waals surface area (Å²) < 4.78 is 7.32. The van der Waals surface area contributed by atoms with Gasteiger partial charge in [0.25, 0.3) is 0 Å². The Balaban J connectivity index is 1.78. The molecule has 1 atom stereocenters. The summed E-state index contributed by atoms with van der Waals surface area (Å²) in [6.45, 7) is 7.50. The van der Waals surface area contributed by atoms with Crippen molar-refractivity contribution < 1.29 is 14.3 Å². The van der Waals surface area contributed by atoms with Gasteiger partial charge in [0.1, 0.15) is 5.60 Å². The quantitative estimate of drug-likeness (QED) is 0.474. The number of aromatic nitrogens is 1. The average molecular weight is 468 g/mol. The summed E-state index contributed by atoms with van der Waals surface area (Å²) in [7, 11) is 1.97. The fourth-order valence-corrected chi connectivity index (χ4v) is 3.89. The van der Waals surface area contributed by atoms with Crippen molar-refractivity contribution in [3.05, 3.63) is 76.9 Å². The van der Waals surface area contributed by atoms with E-state index in [2.05, 4.69) is 10.6 Å². The number of nitrogens with one attached hydrogen (secondary N) is 2. The molecule has 3 aromatic rings. The maximum Gasteiger partial charge on any atom is 0.407 e. The minimum absolute atomic E-state index is 0.0963. The number of amides is 2. The number of ether oxygens (including phenoxy) is 1.